The lowest BCUT2D eigenvalue weighted by Gasteiger charge is -2.40. The molecule has 2 aromatic heterocycles. The van der Waals surface area contributed by atoms with Crippen LogP contribution in [0.25, 0.3) is 10.9 Å². The van der Waals surface area contributed by atoms with Gasteiger partial charge in [-0.25, -0.2) is 9.78 Å². The standard InChI is InChI=1S/C34H38N8O5/c1-21-17-41(19-25(35)32(21)44)28-10-11-36-16-27(28)38-33(45)31-29(42(34(46)47)18-22-6-4-3-5-7-22)14-23-8-9-24(15-26(23)37-31)40-13-12-39(2)30(43)20-40/h3-11,14-16,21,25,32,44H,12-13,17-20,35H2,1-2H3,(H,38,45)(H,46,47)/t21-,25+,32+/m0/s1. The number of carbonyl (C=O) groups excluding carboxylic acids is 2. The Morgan fingerprint density at radius 3 is 2.57 bits per heavy atom. The normalized spacial score (nSPS) is 20.0. The van der Waals surface area contributed by atoms with E-state index >= 15 is 0 Å². The minimum atomic E-state index is -1.24. The molecule has 4 heterocycles. The average molecular weight is 639 g/mol. The molecule has 2 aromatic carbocycles. The van der Waals surface area contributed by atoms with Crippen molar-refractivity contribution < 1.29 is 24.6 Å². The van der Waals surface area contributed by atoms with Crippen LogP contribution in [0.2, 0.25) is 0 Å². The van der Waals surface area contributed by atoms with Crippen molar-refractivity contribution in [3.8, 4) is 0 Å². The molecule has 5 N–H and O–H groups in total. The van der Waals surface area contributed by atoms with Crippen molar-refractivity contribution >= 4 is 51.6 Å². The number of benzene rings is 2. The van der Waals surface area contributed by atoms with E-state index in [2.05, 4.69) is 10.3 Å². The second kappa shape index (κ2) is 13.2. The van der Waals surface area contributed by atoms with E-state index in [4.69, 9.17) is 10.7 Å². The number of aromatic nitrogens is 2. The predicted molar refractivity (Wildman–Crippen MR) is 180 cm³/mol. The molecule has 2 aliphatic heterocycles. The van der Waals surface area contributed by atoms with Gasteiger partial charge in [-0.3, -0.25) is 19.5 Å². The van der Waals surface area contributed by atoms with Crippen LogP contribution in [0.15, 0.2) is 73.1 Å². The van der Waals surface area contributed by atoms with Gasteiger partial charge in [0.2, 0.25) is 5.91 Å². The van der Waals surface area contributed by atoms with E-state index in [0.717, 1.165) is 16.2 Å². The van der Waals surface area contributed by atoms with Gasteiger partial charge in [0, 0.05) is 62.5 Å². The number of nitrogens with one attached hydrogen (secondary N) is 1. The fourth-order valence-corrected chi connectivity index (χ4v) is 6.17. The van der Waals surface area contributed by atoms with Crippen molar-refractivity contribution in [1.29, 1.82) is 0 Å². The molecule has 2 aliphatic rings. The van der Waals surface area contributed by atoms with Gasteiger partial charge in [-0.15, -0.1) is 0 Å². The molecule has 47 heavy (non-hydrogen) atoms. The fourth-order valence-electron chi connectivity index (χ4n) is 6.17. The molecule has 0 saturated carbocycles. The van der Waals surface area contributed by atoms with Gasteiger partial charge in [0.15, 0.2) is 5.69 Å². The summed E-state index contributed by atoms with van der Waals surface area (Å²) >= 11 is 0. The molecule has 6 rings (SSSR count). The van der Waals surface area contributed by atoms with Crippen LogP contribution in [0, 0.1) is 5.92 Å². The van der Waals surface area contributed by atoms with E-state index in [1.165, 1.54) is 6.20 Å². The summed E-state index contributed by atoms with van der Waals surface area (Å²) in [6, 6.07) is 17.6. The summed E-state index contributed by atoms with van der Waals surface area (Å²) in [4.78, 5) is 55.0. The van der Waals surface area contributed by atoms with E-state index in [0.29, 0.717) is 48.5 Å². The van der Waals surface area contributed by atoms with Crippen molar-refractivity contribution in [3.63, 3.8) is 0 Å². The molecule has 3 atom stereocenters. The minimum Gasteiger partial charge on any atom is -0.465 e. The van der Waals surface area contributed by atoms with E-state index in [1.807, 2.05) is 65.3 Å². The zero-order chi connectivity index (χ0) is 33.2. The van der Waals surface area contributed by atoms with Crippen molar-refractivity contribution in [2.45, 2.75) is 25.6 Å². The molecule has 0 unspecified atom stereocenters. The Bertz CT molecular complexity index is 1790. The molecule has 0 spiro atoms. The quantitative estimate of drug-likeness (QED) is 0.236. The maximum atomic E-state index is 14.2. The van der Waals surface area contributed by atoms with Gasteiger partial charge in [-0.05, 0) is 29.8 Å². The largest absolute Gasteiger partial charge is 0.465 e. The lowest BCUT2D eigenvalue weighted by atomic mass is 9.92. The molecular formula is C34H38N8O5. The zero-order valence-electron chi connectivity index (χ0n) is 26.3. The number of hydrogen-bond donors (Lipinski definition) is 4. The third-order valence-corrected chi connectivity index (χ3v) is 8.87. The number of nitrogens with zero attached hydrogens (tertiary/aromatic N) is 6. The summed E-state index contributed by atoms with van der Waals surface area (Å²) in [5, 5.41) is 24.3. The summed E-state index contributed by atoms with van der Waals surface area (Å²) < 4.78 is 0. The molecule has 244 valence electrons. The molecule has 2 saturated heterocycles. The Morgan fingerprint density at radius 2 is 1.85 bits per heavy atom. The number of carbonyl (C=O) groups is 3. The molecule has 2 fully saturated rings. The number of fused-ring (bicyclic) bond motifs is 1. The first kappa shape index (κ1) is 31.7. The van der Waals surface area contributed by atoms with Crippen molar-refractivity contribution in [2.24, 2.45) is 11.7 Å². The van der Waals surface area contributed by atoms with Crippen molar-refractivity contribution in [1.82, 2.24) is 14.9 Å². The Hall–Kier alpha value is -5.27. The highest BCUT2D eigenvalue weighted by Crippen LogP contribution is 2.33. The van der Waals surface area contributed by atoms with Crippen LogP contribution in [0.1, 0.15) is 23.0 Å². The predicted octanol–water partition coefficient (Wildman–Crippen LogP) is 2.99. The number of nitrogens with two attached hydrogens (primary N) is 1. The summed E-state index contributed by atoms with van der Waals surface area (Å²) in [6.07, 6.45) is 1.25. The number of amides is 3. The molecule has 0 bridgehead atoms. The number of piperidine rings is 1. The van der Waals surface area contributed by atoms with Crippen LogP contribution in [0.5, 0.6) is 0 Å². The van der Waals surface area contributed by atoms with Crippen LogP contribution in [0.3, 0.4) is 0 Å². The van der Waals surface area contributed by atoms with E-state index in [9.17, 15) is 24.6 Å². The summed E-state index contributed by atoms with van der Waals surface area (Å²) in [5.74, 6) is -0.718. The van der Waals surface area contributed by atoms with Gasteiger partial charge in [-0.1, -0.05) is 43.3 Å². The highest BCUT2D eigenvalue weighted by molar-refractivity contribution is 6.11. The van der Waals surface area contributed by atoms with Crippen molar-refractivity contribution in [3.05, 3.63) is 84.3 Å². The highest BCUT2D eigenvalue weighted by atomic mass is 16.4. The number of piperazine rings is 1. The average Bonchev–Trinajstić information content (AvgIpc) is 3.07. The van der Waals surface area contributed by atoms with Gasteiger partial charge < -0.3 is 36.0 Å². The van der Waals surface area contributed by atoms with Gasteiger partial charge in [0.1, 0.15) is 0 Å². The van der Waals surface area contributed by atoms with E-state index < -0.39 is 24.1 Å². The number of carboxylic acid groups (broad SMARTS) is 1. The van der Waals surface area contributed by atoms with Gasteiger partial charge in [0.05, 0.1) is 48.0 Å². The molecule has 4 aromatic rings. The maximum absolute atomic E-state index is 14.2. The number of likely N-dealkylation sites (N-methyl/N-ethyl adjacent to an activating group) is 1. The van der Waals surface area contributed by atoms with Crippen LogP contribution in [-0.4, -0.2) is 94.9 Å². The van der Waals surface area contributed by atoms with Crippen LogP contribution >= 0.6 is 0 Å². The smallest absolute Gasteiger partial charge is 0.412 e. The van der Waals surface area contributed by atoms with Gasteiger partial charge >= 0.3 is 6.09 Å². The number of pyridine rings is 2. The second-order valence-electron chi connectivity index (χ2n) is 12.2. The molecule has 3 amide bonds. The Kier molecular flexibility index (Phi) is 8.92. The molecule has 13 heteroatoms. The highest BCUT2D eigenvalue weighted by Gasteiger charge is 2.32. The Balaban J connectivity index is 1.40. The third-order valence-electron chi connectivity index (χ3n) is 8.87. The number of anilines is 4. The minimum absolute atomic E-state index is 0.00331. The lowest BCUT2D eigenvalue weighted by Crippen LogP contribution is -2.55. The topological polar surface area (TPSA) is 168 Å². The van der Waals surface area contributed by atoms with Crippen LogP contribution in [0.4, 0.5) is 27.5 Å². The summed E-state index contributed by atoms with van der Waals surface area (Å²) in [6.45, 7) is 4.24. The fraction of sp³-hybridized carbons (Fsp3) is 0.324. The molecule has 13 nitrogen and oxygen atoms in total. The first-order chi connectivity index (χ1) is 22.6. The Morgan fingerprint density at radius 1 is 1.06 bits per heavy atom. The van der Waals surface area contributed by atoms with Crippen molar-refractivity contribution in [2.75, 3.05) is 59.8 Å². The number of aliphatic hydroxyl groups excluding tert-OH is 1. The number of hydrogen-bond acceptors (Lipinski definition) is 9. The van der Waals surface area contributed by atoms with E-state index in [-0.39, 0.29) is 36.3 Å². The van der Waals surface area contributed by atoms with Crippen LogP contribution in [-0.2, 0) is 11.3 Å². The first-order valence-electron chi connectivity index (χ1n) is 15.5. The lowest BCUT2D eigenvalue weighted by molar-refractivity contribution is -0.129. The number of aliphatic hydroxyl groups is 1. The Labute approximate surface area is 272 Å². The summed E-state index contributed by atoms with van der Waals surface area (Å²) in [7, 11) is 1.77. The first-order valence-corrected chi connectivity index (χ1v) is 15.5. The summed E-state index contributed by atoms with van der Waals surface area (Å²) in [5.41, 5.74) is 9.32. The van der Waals surface area contributed by atoms with E-state index in [1.54, 1.807) is 30.3 Å². The van der Waals surface area contributed by atoms with Crippen LogP contribution < -0.4 is 25.8 Å². The molecular weight excluding hydrogens is 600 g/mol. The van der Waals surface area contributed by atoms with Gasteiger partial charge in [-0.2, -0.15) is 0 Å². The number of rotatable bonds is 7. The SMILES string of the molecule is C[C@H]1CN(c2ccncc2NC(=O)c2nc3cc(N4CCN(C)C(=O)C4)ccc3cc2N(Cc2ccccc2)C(=O)O)C[C@@H](N)[C@@H]1O. The third kappa shape index (κ3) is 6.67. The second-order valence-corrected chi connectivity index (χ2v) is 12.2. The zero-order valence-corrected chi connectivity index (χ0v) is 26.3. The molecule has 0 radical (unpaired) electrons. The monoisotopic (exact) mass is 638 g/mol. The molecule has 0 aliphatic carbocycles. The van der Waals surface area contributed by atoms with Gasteiger partial charge in [0.25, 0.3) is 5.91 Å². The maximum Gasteiger partial charge on any atom is 0.412 e.